The zero-order valence-corrected chi connectivity index (χ0v) is 13.2. The van der Waals surface area contributed by atoms with Gasteiger partial charge >= 0.3 is 0 Å². The molecular weight excluding hydrogens is 264 g/mol. The van der Waals surface area contributed by atoms with Gasteiger partial charge in [-0.1, -0.05) is 25.5 Å². The lowest BCUT2D eigenvalue weighted by atomic mass is 9.90. The monoisotopic (exact) mass is 290 g/mol. The van der Waals surface area contributed by atoms with Gasteiger partial charge < -0.3 is 15.4 Å². The molecule has 0 radical (unpaired) electrons. The Balaban J connectivity index is 2.03. The van der Waals surface area contributed by atoms with Crippen molar-refractivity contribution in [1.29, 1.82) is 0 Å². The summed E-state index contributed by atoms with van der Waals surface area (Å²) in [5, 5.41) is 6.57. The Morgan fingerprint density at radius 2 is 2.14 bits per heavy atom. The van der Waals surface area contributed by atoms with Crippen molar-refractivity contribution in [1.82, 2.24) is 10.6 Å². The minimum absolute atomic E-state index is 0.000428. The summed E-state index contributed by atoms with van der Waals surface area (Å²) in [5.74, 6) is 0.961. The van der Waals surface area contributed by atoms with Crippen molar-refractivity contribution in [2.24, 2.45) is 0 Å². The van der Waals surface area contributed by atoms with E-state index < -0.39 is 0 Å². The Morgan fingerprint density at radius 3 is 2.67 bits per heavy atom. The molecule has 116 valence electrons. The number of methoxy groups -OCH3 is 1. The fourth-order valence-electron chi connectivity index (χ4n) is 3.06. The summed E-state index contributed by atoms with van der Waals surface area (Å²) < 4.78 is 5.16. The molecule has 0 aromatic heterocycles. The molecular formula is C17H26N2O2. The predicted molar refractivity (Wildman–Crippen MR) is 84.4 cm³/mol. The standard InChI is InChI=1S/C17H26N2O2/c1-4-10-17(11-5-12-18-17)16(20)19-13(2)14-6-8-15(21-3)9-7-14/h6-9,13,18H,4-5,10-12H2,1-3H3,(H,19,20)/t13-,17?/m0/s1. The van der Waals surface area contributed by atoms with Gasteiger partial charge in [-0.15, -0.1) is 0 Å². The highest BCUT2D eigenvalue weighted by Crippen LogP contribution is 2.26. The van der Waals surface area contributed by atoms with Crippen LogP contribution in [0.25, 0.3) is 0 Å². The second-order valence-corrected chi connectivity index (χ2v) is 5.83. The van der Waals surface area contributed by atoms with E-state index in [1.54, 1.807) is 7.11 Å². The van der Waals surface area contributed by atoms with Crippen LogP contribution in [0.3, 0.4) is 0 Å². The number of ether oxygens (including phenoxy) is 1. The molecule has 1 aromatic rings. The van der Waals surface area contributed by atoms with Crippen LogP contribution < -0.4 is 15.4 Å². The molecule has 1 fully saturated rings. The molecule has 2 rings (SSSR count). The highest BCUT2D eigenvalue weighted by atomic mass is 16.5. The van der Waals surface area contributed by atoms with Crippen LogP contribution in [0.5, 0.6) is 5.75 Å². The highest BCUT2D eigenvalue weighted by molar-refractivity contribution is 5.87. The van der Waals surface area contributed by atoms with Crippen molar-refractivity contribution < 1.29 is 9.53 Å². The lowest BCUT2D eigenvalue weighted by Crippen LogP contribution is -2.53. The van der Waals surface area contributed by atoms with E-state index in [1.807, 2.05) is 31.2 Å². The maximum absolute atomic E-state index is 12.7. The number of carbonyl (C=O) groups excluding carboxylic acids is 1. The SMILES string of the molecule is CCCC1(C(=O)N[C@@H](C)c2ccc(OC)cc2)CCCN1. The third kappa shape index (κ3) is 3.56. The van der Waals surface area contributed by atoms with Gasteiger partial charge in [-0.2, -0.15) is 0 Å². The minimum Gasteiger partial charge on any atom is -0.497 e. The van der Waals surface area contributed by atoms with Gasteiger partial charge in [0.05, 0.1) is 18.7 Å². The Morgan fingerprint density at radius 1 is 1.43 bits per heavy atom. The van der Waals surface area contributed by atoms with Gasteiger partial charge in [0.1, 0.15) is 5.75 Å². The van der Waals surface area contributed by atoms with E-state index in [9.17, 15) is 4.79 Å². The first kappa shape index (κ1) is 15.8. The lowest BCUT2D eigenvalue weighted by molar-refractivity contribution is -0.128. The van der Waals surface area contributed by atoms with Crippen LogP contribution in [0, 0.1) is 0 Å². The van der Waals surface area contributed by atoms with E-state index in [2.05, 4.69) is 17.6 Å². The number of rotatable bonds is 6. The van der Waals surface area contributed by atoms with E-state index in [0.717, 1.165) is 43.5 Å². The summed E-state index contributed by atoms with van der Waals surface area (Å²) in [5.41, 5.74) is 0.726. The first-order chi connectivity index (χ1) is 10.1. The second-order valence-electron chi connectivity index (χ2n) is 5.83. The van der Waals surface area contributed by atoms with Crippen LogP contribution in [0.1, 0.15) is 51.1 Å². The van der Waals surface area contributed by atoms with Crippen LogP contribution in [-0.4, -0.2) is 25.1 Å². The summed E-state index contributed by atoms with van der Waals surface area (Å²) in [6.45, 7) is 5.08. The summed E-state index contributed by atoms with van der Waals surface area (Å²) in [6, 6.07) is 7.84. The molecule has 0 spiro atoms. The smallest absolute Gasteiger partial charge is 0.240 e. The Bertz CT molecular complexity index is 464. The zero-order valence-electron chi connectivity index (χ0n) is 13.2. The van der Waals surface area contributed by atoms with Gasteiger partial charge in [-0.25, -0.2) is 0 Å². The molecule has 1 heterocycles. The molecule has 1 aliphatic rings. The Kier molecular flexibility index (Phi) is 5.23. The number of amides is 1. The summed E-state index contributed by atoms with van der Waals surface area (Å²) in [4.78, 5) is 12.7. The van der Waals surface area contributed by atoms with Crippen molar-refractivity contribution in [3.8, 4) is 5.75 Å². The third-order valence-electron chi connectivity index (χ3n) is 4.32. The molecule has 1 amide bonds. The number of nitrogens with one attached hydrogen (secondary N) is 2. The molecule has 4 nitrogen and oxygen atoms in total. The molecule has 0 bridgehead atoms. The molecule has 1 unspecified atom stereocenters. The van der Waals surface area contributed by atoms with Crippen LogP contribution >= 0.6 is 0 Å². The molecule has 2 atom stereocenters. The van der Waals surface area contributed by atoms with Gasteiger partial charge in [0.2, 0.25) is 5.91 Å². The first-order valence-electron chi connectivity index (χ1n) is 7.81. The van der Waals surface area contributed by atoms with Crippen LogP contribution in [-0.2, 0) is 4.79 Å². The average molecular weight is 290 g/mol. The fraction of sp³-hybridized carbons (Fsp3) is 0.588. The normalized spacial score (nSPS) is 22.8. The topological polar surface area (TPSA) is 50.4 Å². The highest BCUT2D eigenvalue weighted by Gasteiger charge is 2.40. The van der Waals surface area contributed by atoms with E-state index in [-0.39, 0.29) is 17.5 Å². The van der Waals surface area contributed by atoms with Gasteiger partial charge in [0.15, 0.2) is 0 Å². The number of hydrogen-bond acceptors (Lipinski definition) is 3. The molecule has 21 heavy (non-hydrogen) atoms. The fourth-order valence-corrected chi connectivity index (χ4v) is 3.06. The first-order valence-corrected chi connectivity index (χ1v) is 7.81. The molecule has 4 heteroatoms. The quantitative estimate of drug-likeness (QED) is 0.847. The van der Waals surface area contributed by atoms with Gasteiger partial charge in [0.25, 0.3) is 0 Å². The number of carbonyl (C=O) groups is 1. The average Bonchev–Trinajstić information content (AvgIpc) is 2.97. The van der Waals surface area contributed by atoms with Crippen LogP contribution in [0.4, 0.5) is 0 Å². The predicted octanol–water partition coefficient (Wildman–Crippen LogP) is 2.79. The third-order valence-corrected chi connectivity index (χ3v) is 4.32. The zero-order chi connectivity index (χ0) is 15.3. The van der Waals surface area contributed by atoms with Crippen molar-refractivity contribution in [3.05, 3.63) is 29.8 Å². The Hall–Kier alpha value is -1.55. The van der Waals surface area contributed by atoms with Crippen LogP contribution in [0.15, 0.2) is 24.3 Å². The molecule has 1 saturated heterocycles. The number of hydrogen-bond donors (Lipinski definition) is 2. The van der Waals surface area contributed by atoms with Crippen molar-refractivity contribution in [2.75, 3.05) is 13.7 Å². The molecule has 1 aliphatic heterocycles. The van der Waals surface area contributed by atoms with Gasteiger partial charge in [-0.05, 0) is 50.4 Å². The molecule has 1 aromatic carbocycles. The Labute approximate surface area is 127 Å². The summed E-state index contributed by atoms with van der Waals surface area (Å²) in [6.07, 6.45) is 3.91. The van der Waals surface area contributed by atoms with Crippen molar-refractivity contribution >= 4 is 5.91 Å². The maximum Gasteiger partial charge on any atom is 0.240 e. The maximum atomic E-state index is 12.7. The minimum atomic E-state index is -0.366. The summed E-state index contributed by atoms with van der Waals surface area (Å²) >= 11 is 0. The van der Waals surface area contributed by atoms with Crippen LogP contribution in [0.2, 0.25) is 0 Å². The van der Waals surface area contributed by atoms with E-state index >= 15 is 0 Å². The summed E-state index contributed by atoms with van der Waals surface area (Å²) in [7, 11) is 1.65. The van der Waals surface area contributed by atoms with Crippen molar-refractivity contribution in [3.63, 3.8) is 0 Å². The van der Waals surface area contributed by atoms with Gasteiger partial charge in [-0.3, -0.25) is 4.79 Å². The molecule has 0 saturated carbocycles. The van der Waals surface area contributed by atoms with E-state index in [4.69, 9.17) is 4.74 Å². The van der Waals surface area contributed by atoms with Gasteiger partial charge in [0, 0.05) is 0 Å². The number of benzene rings is 1. The molecule has 0 aliphatic carbocycles. The lowest BCUT2D eigenvalue weighted by Gasteiger charge is -2.29. The second kappa shape index (κ2) is 6.94. The van der Waals surface area contributed by atoms with E-state index in [1.165, 1.54) is 0 Å². The largest absolute Gasteiger partial charge is 0.497 e. The molecule has 2 N–H and O–H groups in total. The van der Waals surface area contributed by atoms with E-state index in [0.29, 0.717) is 0 Å². The van der Waals surface area contributed by atoms with Crippen molar-refractivity contribution in [2.45, 2.75) is 51.1 Å².